The number of anilines is 2. The SMILES string of the molecule is C=CC(=O)N[C@@H](Cc1ccc(NC(=O)C(F)(F)F)cc1)C(=O)Nc1ccc(C(=O)O)cc1. The first-order valence-corrected chi connectivity index (χ1v) is 9.04. The second-order valence-corrected chi connectivity index (χ2v) is 6.49. The van der Waals surface area contributed by atoms with Crippen LogP contribution in [-0.2, 0) is 20.8 Å². The number of amides is 3. The summed E-state index contributed by atoms with van der Waals surface area (Å²) >= 11 is 0. The number of hydrogen-bond acceptors (Lipinski definition) is 4. The van der Waals surface area contributed by atoms with Crippen LogP contribution in [0.1, 0.15) is 15.9 Å². The van der Waals surface area contributed by atoms with Crippen LogP contribution in [0.25, 0.3) is 0 Å². The number of rotatable bonds is 8. The second kappa shape index (κ2) is 10.2. The van der Waals surface area contributed by atoms with Crippen LogP contribution in [0.4, 0.5) is 24.5 Å². The van der Waals surface area contributed by atoms with Gasteiger partial charge in [-0.2, -0.15) is 13.2 Å². The molecule has 168 valence electrons. The van der Waals surface area contributed by atoms with Crippen molar-refractivity contribution >= 4 is 35.1 Å². The number of hydrogen-bond donors (Lipinski definition) is 4. The predicted octanol–water partition coefficient (Wildman–Crippen LogP) is 2.74. The minimum absolute atomic E-state index is 0.0217. The molecule has 0 unspecified atom stereocenters. The van der Waals surface area contributed by atoms with Gasteiger partial charge in [-0.15, -0.1) is 0 Å². The van der Waals surface area contributed by atoms with Crippen molar-refractivity contribution in [2.45, 2.75) is 18.6 Å². The van der Waals surface area contributed by atoms with Crippen molar-refractivity contribution in [3.05, 3.63) is 72.3 Å². The standard InChI is InChI=1S/C21H18F3N3O5/c1-2-17(28)27-16(18(29)25-14-9-5-13(6-10-14)19(30)31)11-12-3-7-15(8-4-12)26-20(32)21(22,23)24/h2-10,16H,1,11H2,(H,25,29)(H,26,32)(H,27,28)(H,30,31)/t16-/m0/s1. The third-order valence-corrected chi connectivity index (χ3v) is 4.13. The molecule has 1 atom stereocenters. The van der Waals surface area contributed by atoms with Crippen molar-refractivity contribution < 1.29 is 37.5 Å². The van der Waals surface area contributed by atoms with Crippen molar-refractivity contribution in [3.8, 4) is 0 Å². The quantitative estimate of drug-likeness (QED) is 0.462. The van der Waals surface area contributed by atoms with E-state index in [4.69, 9.17) is 5.11 Å². The number of alkyl halides is 3. The summed E-state index contributed by atoms with van der Waals surface area (Å²) in [5, 5.41) is 15.6. The van der Waals surface area contributed by atoms with E-state index in [0.717, 1.165) is 6.08 Å². The zero-order valence-corrected chi connectivity index (χ0v) is 16.4. The largest absolute Gasteiger partial charge is 0.478 e. The summed E-state index contributed by atoms with van der Waals surface area (Å²) in [4.78, 5) is 46.3. The number of benzene rings is 2. The van der Waals surface area contributed by atoms with E-state index < -0.39 is 35.9 Å². The Morgan fingerprint density at radius 3 is 1.97 bits per heavy atom. The van der Waals surface area contributed by atoms with Crippen molar-refractivity contribution in [2.24, 2.45) is 0 Å². The molecule has 4 N–H and O–H groups in total. The highest BCUT2D eigenvalue weighted by molar-refractivity contribution is 5.99. The molecule has 2 aromatic carbocycles. The summed E-state index contributed by atoms with van der Waals surface area (Å²) in [7, 11) is 0. The molecular formula is C21H18F3N3O5. The zero-order valence-electron chi connectivity index (χ0n) is 16.4. The topological polar surface area (TPSA) is 125 Å². The number of carbonyl (C=O) groups excluding carboxylic acids is 3. The summed E-state index contributed by atoms with van der Waals surface area (Å²) in [5.41, 5.74) is 0.715. The Balaban J connectivity index is 2.11. The van der Waals surface area contributed by atoms with E-state index >= 15 is 0 Å². The van der Waals surface area contributed by atoms with Crippen LogP contribution >= 0.6 is 0 Å². The van der Waals surface area contributed by atoms with Crippen molar-refractivity contribution in [1.82, 2.24) is 5.32 Å². The van der Waals surface area contributed by atoms with E-state index in [0.29, 0.717) is 11.3 Å². The fourth-order valence-electron chi connectivity index (χ4n) is 2.53. The maximum Gasteiger partial charge on any atom is 0.471 e. The number of carboxylic acids is 1. The van der Waals surface area contributed by atoms with E-state index in [1.165, 1.54) is 48.5 Å². The van der Waals surface area contributed by atoms with Crippen molar-refractivity contribution in [2.75, 3.05) is 10.6 Å². The van der Waals surface area contributed by atoms with E-state index in [1.54, 1.807) is 5.32 Å². The van der Waals surface area contributed by atoms with Gasteiger partial charge in [0.15, 0.2) is 0 Å². The van der Waals surface area contributed by atoms with Gasteiger partial charge in [-0.1, -0.05) is 18.7 Å². The summed E-state index contributed by atoms with van der Waals surface area (Å²) in [5.74, 6) is -4.48. The monoisotopic (exact) mass is 449 g/mol. The van der Waals surface area contributed by atoms with Crippen LogP contribution in [0.15, 0.2) is 61.2 Å². The van der Waals surface area contributed by atoms with Crippen LogP contribution in [0.3, 0.4) is 0 Å². The highest BCUT2D eigenvalue weighted by Crippen LogP contribution is 2.19. The number of nitrogens with one attached hydrogen (secondary N) is 3. The van der Waals surface area contributed by atoms with Gasteiger partial charge in [0, 0.05) is 17.8 Å². The molecule has 0 bridgehead atoms. The van der Waals surface area contributed by atoms with Crippen LogP contribution in [0.2, 0.25) is 0 Å². The molecule has 0 aliphatic carbocycles. The lowest BCUT2D eigenvalue weighted by Gasteiger charge is -2.18. The Bertz CT molecular complexity index is 1020. The third kappa shape index (κ3) is 6.97. The average molecular weight is 449 g/mol. The van der Waals surface area contributed by atoms with Gasteiger partial charge in [-0.25, -0.2) is 4.79 Å². The molecule has 0 radical (unpaired) electrons. The number of halogens is 3. The molecule has 2 aromatic rings. The van der Waals surface area contributed by atoms with Gasteiger partial charge in [0.25, 0.3) is 0 Å². The molecule has 8 nitrogen and oxygen atoms in total. The average Bonchev–Trinajstić information content (AvgIpc) is 2.74. The lowest BCUT2D eigenvalue weighted by atomic mass is 10.0. The van der Waals surface area contributed by atoms with Crippen LogP contribution in [0.5, 0.6) is 0 Å². The molecule has 0 aliphatic heterocycles. The van der Waals surface area contributed by atoms with Gasteiger partial charge in [-0.05, 0) is 48.0 Å². The normalized spacial score (nSPS) is 11.7. The molecule has 0 saturated carbocycles. The zero-order chi connectivity index (χ0) is 23.9. The smallest absolute Gasteiger partial charge is 0.471 e. The van der Waals surface area contributed by atoms with Gasteiger partial charge < -0.3 is 21.1 Å². The maximum atomic E-state index is 12.7. The predicted molar refractivity (Wildman–Crippen MR) is 109 cm³/mol. The first-order chi connectivity index (χ1) is 15.0. The van der Waals surface area contributed by atoms with E-state index in [9.17, 15) is 32.3 Å². The third-order valence-electron chi connectivity index (χ3n) is 4.13. The summed E-state index contributed by atoms with van der Waals surface area (Å²) in [6.07, 6.45) is -4.08. The lowest BCUT2D eigenvalue weighted by Crippen LogP contribution is -2.44. The number of aromatic carboxylic acids is 1. The minimum atomic E-state index is -5.03. The summed E-state index contributed by atoms with van der Waals surface area (Å²) in [6, 6.07) is 9.53. The van der Waals surface area contributed by atoms with Crippen molar-refractivity contribution in [1.29, 1.82) is 0 Å². The van der Waals surface area contributed by atoms with Gasteiger partial charge in [0.2, 0.25) is 11.8 Å². The molecule has 3 amide bonds. The Morgan fingerprint density at radius 2 is 1.47 bits per heavy atom. The molecule has 32 heavy (non-hydrogen) atoms. The van der Waals surface area contributed by atoms with Crippen LogP contribution < -0.4 is 16.0 Å². The maximum absolute atomic E-state index is 12.7. The van der Waals surface area contributed by atoms with E-state index in [-0.39, 0.29) is 17.7 Å². The van der Waals surface area contributed by atoms with Crippen molar-refractivity contribution in [3.63, 3.8) is 0 Å². The Hall–Kier alpha value is -4.15. The van der Waals surface area contributed by atoms with Gasteiger partial charge in [-0.3, -0.25) is 14.4 Å². The first-order valence-electron chi connectivity index (χ1n) is 9.04. The number of carboxylic acid groups (broad SMARTS) is 1. The highest BCUT2D eigenvalue weighted by Gasteiger charge is 2.38. The van der Waals surface area contributed by atoms with Gasteiger partial charge in [0.05, 0.1) is 5.56 Å². The van der Waals surface area contributed by atoms with Gasteiger partial charge >= 0.3 is 18.1 Å². The van der Waals surface area contributed by atoms with Crippen LogP contribution in [-0.4, -0.2) is 41.0 Å². The van der Waals surface area contributed by atoms with Crippen LogP contribution in [0, 0.1) is 0 Å². The van der Waals surface area contributed by atoms with Gasteiger partial charge in [0.1, 0.15) is 6.04 Å². The highest BCUT2D eigenvalue weighted by atomic mass is 19.4. The Morgan fingerprint density at radius 1 is 0.938 bits per heavy atom. The molecular weight excluding hydrogens is 431 g/mol. The molecule has 0 aromatic heterocycles. The van der Waals surface area contributed by atoms with E-state index in [2.05, 4.69) is 17.2 Å². The molecule has 2 rings (SSSR count). The fourth-order valence-corrected chi connectivity index (χ4v) is 2.53. The fraction of sp³-hybridized carbons (Fsp3) is 0.143. The molecule has 0 aliphatic rings. The van der Waals surface area contributed by atoms with E-state index in [1.807, 2.05) is 0 Å². The lowest BCUT2D eigenvalue weighted by molar-refractivity contribution is -0.167. The molecule has 0 heterocycles. The second-order valence-electron chi connectivity index (χ2n) is 6.49. The minimum Gasteiger partial charge on any atom is -0.478 e. The molecule has 11 heteroatoms. The summed E-state index contributed by atoms with van der Waals surface area (Å²) < 4.78 is 37.0. The molecule has 0 spiro atoms. The Labute approximate surface area is 180 Å². The first kappa shape index (κ1) is 24.1. The molecule has 0 fully saturated rings. The molecule has 0 saturated heterocycles. The Kier molecular flexibility index (Phi) is 7.72. The summed E-state index contributed by atoms with van der Waals surface area (Å²) in [6.45, 7) is 3.32. The number of carbonyl (C=O) groups is 4.